The van der Waals surface area contributed by atoms with Crippen LogP contribution in [0.2, 0.25) is 0 Å². The maximum atomic E-state index is 14.1. The summed E-state index contributed by atoms with van der Waals surface area (Å²) in [5, 5.41) is 0.537. The summed E-state index contributed by atoms with van der Waals surface area (Å²) in [6.07, 6.45) is 1.87. The number of hydrogen-bond acceptors (Lipinski definition) is 4. The first-order valence-corrected chi connectivity index (χ1v) is 11.7. The molecule has 0 aliphatic carbocycles. The second-order valence-electron chi connectivity index (χ2n) is 8.64. The number of benzene rings is 3. The minimum Gasteiger partial charge on any atom is -0.376 e. The summed E-state index contributed by atoms with van der Waals surface area (Å²) in [6, 6.07) is 26.9. The van der Waals surface area contributed by atoms with E-state index in [4.69, 9.17) is 4.74 Å². The zero-order chi connectivity index (χ0) is 23.3. The Labute approximate surface area is 198 Å². The van der Waals surface area contributed by atoms with Gasteiger partial charge in [0.05, 0.1) is 29.5 Å². The van der Waals surface area contributed by atoms with Gasteiger partial charge in [-0.15, -0.1) is 0 Å². The van der Waals surface area contributed by atoms with Gasteiger partial charge in [0.25, 0.3) is 5.56 Å². The summed E-state index contributed by atoms with van der Waals surface area (Å²) in [5.74, 6) is -0.0328. The van der Waals surface area contributed by atoms with Gasteiger partial charge in [0, 0.05) is 13.2 Å². The van der Waals surface area contributed by atoms with E-state index in [1.807, 2.05) is 78.9 Å². The van der Waals surface area contributed by atoms with E-state index in [9.17, 15) is 9.59 Å². The Bertz CT molecular complexity index is 1280. The number of aromatic amines is 1. The van der Waals surface area contributed by atoms with Gasteiger partial charge in [0.1, 0.15) is 5.82 Å². The lowest BCUT2D eigenvalue weighted by molar-refractivity contribution is -0.134. The van der Waals surface area contributed by atoms with E-state index in [1.54, 1.807) is 11.0 Å². The largest absolute Gasteiger partial charge is 0.376 e. The second kappa shape index (κ2) is 10.0. The lowest BCUT2D eigenvalue weighted by Gasteiger charge is -2.29. The van der Waals surface area contributed by atoms with E-state index in [1.165, 1.54) is 0 Å². The number of hydrogen-bond donors (Lipinski definition) is 1. The molecule has 1 amide bonds. The molecule has 0 radical (unpaired) electrons. The van der Waals surface area contributed by atoms with Crippen molar-refractivity contribution >= 4 is 16.8 Å². The number of H-pyrrole nitrogens is 1. The minimum atomic E-state index is -0.462. The number of carbonyl (C=O) groups is 1. The Morgan fingerprint density at radius 2 is 1.62 bits per heavy atom. The van der Waals surface area contributed by atoms with Crippen LogP contribution in [-0.2, 0) is 16.1 Å². The van der Waals surface area contributed by atoms with Gasteiger partial charge in [-0.2, -0.15) is 0 Å². The smallest absolute Gasteiger partial charge is 0.258 e. The molecule has 1 fully saturated rings. The van der Waals surface area contributed by atoms with E-state index in [0.29, 0.717) is 29.9 Å². The molecule has 1 saturated heterocycles. The zero-order valence-corrected chi connectivity index (χ0v) is 18.9. The van der Waals surface area contributed by atoms with Crippen molar-refractivity contribution in [1.82, 2.24) is 14.9 Å². The van der Waals surface area contributed by atoms with E-state index in [0.717, 1.165) is 24.0 Å². The van der Waals surface area contributed by atoms with Gasteiger partial charge in [-0.25, -0.2) is 4.98 Å². The highest BCUT2D eigenvalue weighted by Gasteiger charge is 2.30. The van der Waals surface area contributed by atoms with Crippen molar-refractivity contribution in [2.45, 2.75) is 31.4 Å². The van der Waals surface area contributed by atoms with Crippen LogP contribution in [0.3, 0.4) is 0 Å². The lowest BCUT2D eigenvalue weighted by atomic mass is 9.90. The number of ether oxygens (including phenoxy) is 1. The molecule has 172 valence electrons. The minimum absolute atomic E-state index is 0.0247. The molecule has 0 unspecified atom stereocenters. The Hall–Kier alpha value is -3.77. The number of rotatable bonds is 7. The Morgan fingerprint density at radius 1 is 0.971 bits per heavy atom. The van der Waals surface area contributed by atoms with Crippen LogP contribution in [-0.4, -0.2) is 40.0 Å². The topological polar surface area (TPSA) is 75.3 Å². The first kappa shape index (κ1) is 22.0. The van der Waals surface area contributed by atoms with Gasteiger partial charge < -0.3 is 14.6 Å². The molecule has 1 aliphatic heterocycles. The Morgan fingerprint density at radius 3 is 2.26 bits per heavy atom. The van der Waals surface area contributed by atoms with Crippen molar-refractivity contribution < 1.29 is 9.53 Å². The van der Waals surface area contributed by atoms with E-state index < -0.39 is 5.92 Å². The normalized spacial score (nSPS) is 15.6. The van der Waals surface area contributed by atoms with Crippen molar-refractivity contribution in [2.24, 2.45) is 0 Å². The molecule has 5 rings (SSSR count). The summed E-state index contributed by atoms with van der Waals surface area (Å²) in [5.41, 5.74) is 2.27. The predicted octanol–water partition coefficient (Wildman–Crippen LogP) is 4.26. The van der Waals surface area contributed by atoms with Crippen molar-refractivity contribution in [2.75, 3.05) is 13.2 Å². The molecule has 4 aromatic rings. The van der Waals surface area contributed by atoms with Gasteiger partial charge in [0.15, 0.2) is 0 Å². The fourth-order valence-electron chi connectivity index (χ4n) is 4.61. The number of fused-ring (bicyclic) bond motifs is 1. The molecule has 2 heterocycles. The first-order valence-electron chi connectivity index (χ1n) is 11.7. The highest BCUT2D eigenvalue weighted by atomic mass is 16.5. The summed E-state index contributed by atoms with van der Waals surface area (Å²) in [6.45, 7) is 1.36. The SMILES string of the molecule is O=C(C(c1ccccc1)c1ccccc1)N(Cc1nc2ccccc2c(=O)[nH]1)C[C@H]1CCCO1. The fraction of sp³-hybridized carbons (Fsp3) is 0.250. The third kappa shape index (κ3) is 4.77. The van der Waals surface area contributed by atoms with Crippen LogP contribution in [0, 0.1) is 0 Å². The zero-order valence-electron chi connectivity index (χ0n) is 18.9. The van der Waals surface area contributed by atoms with Crippen LogP contribution >= 0.6 is 0 Å². The molecule has 1 N–H and O–H groups in total. The third-order valence-electron chi connectivity index (χ3n) is 6.27. The van der Waals surface area contributed by atoms with Gasteiger partial charge in [-0.3, -0.25) is 9.59 Å². The maximum Gasteiger partial charge on any atom is 0.258 e. The number of carbonyl (C=O) groups excluding carboxylic acids is 1. The van der Waals surface area contributed by atoms with Gasteiger partial charge >= 0.3 is 0 Å². The molecule has 1 aromatic heterocycles. The van der Waals surface area contributed by atoms with Crippen molar-refractivity contribution in [1.29, 1.82) is 0 Å². The lowest BCUT2D eigenvalue weighted by Crippen LogP contribution is -2.40. The quantitative estimate of drug-likeness (QED) is 0.454. The molecule has 6 heteroatoms. The maximum absolute atomic E-state index is 14.1. The summed E-state index contributed by atoms with van der Waals surface area (Å²) in [4.78, 5) is 36.1. The van der Waals surface area contributed by atoms with Gasteiger partial charge in [-0.05, 0) is 36.1 Å². The molecule has 3 aromatic carbocycles. The molecule has 0 saturated carbocycles. The highest BCUT2D eigenvalue weighted by Crippen LogP contribution is 2.28. The van der Waals surface area contributed by atoms with Crippen LogP contribution in [0.15, 0.2) is 89.7 Å². The van der Waals surface area contributed by atoms with Crippen LogP contribution in [0.4, 0.5) is 0 Å². The summed E-state index contributed by atoms with van der Waals surface area (Å²) in [7, 11) is 0. The molecule has 1 aliphatic rings. The van der Waals surface area contributed by atoms with Crippen LogP contribution in [0.1, 0.15) is 35.7 Å². The number of para-hydroxylation sites is 1. The Balaban J connectivity index is 1.52. The first-order chi connectivity index (χ1) is 16.7. The van der Waals surface area contributed by atoms with Gasteiger partial charge in [-0.1, -0.05) is 72.8 Å². The second-order valence-corrected chi connectivity index (χ2v) is 8.64. The van der Waals surface area contributed by atoms with Crippen molar-refractivity contribution in [3.8, 4) is 0 Å². The van der Waals surface area contributed by atoms with Crippen LogP contribution in [0.25, 0.3) is 10.9 Å². The van der Waals surface area contributed by atoms with Gasteiger partial charge in [0.2, 0.25) is 5.91 Å². The fourth-order valence-corrected chi connectivity index (χ4v) is 4.61. The van der Waals surface area contributed by atoms with Crippen molar-refractivity contribution in [3.05, 3.63) is 112 Å². The average Bonchev–Trinajstić information content (AvgIpc) is 3.38. The highest BCUT2D eigenvalue weighted by molar-refractivity contribution is 5.87. The van der Waals surface area contributed by atoms with Crippen LogP contribution in [0.5, 0.6) is 0 Å². The molecule has 1 atom stereocenters. The molecule has 6 nitrogen and oxygen atoms in total. The number of aromatic nitrogens is 2. The average molecular weight is 454 g/mol. The summed E-state index contributed by atoms with van der Waals surface area (Å²) < 4.78 is 5.87. The standard InChI is InChI=1S/C28H27N3O3/c32-27-23-15-7-8-16-24(23)29-25(30-27)19-31(18-22-14-9-17-34-22)28(33)26(20-10-3-1-4-11-20)21-12-5-2-6-13-21/h1-8,10-13,15-16,22,26H,9,14,17-19H2,(H,29,30,32)/t22-/m1/s1. The Kier molecular flexibility index (Phi) is 6.49. The number of nitrogens with one attached hydrogen (secondary N) is 1. The molecule has 34 heavy (non-hydrogen) atoms. The van der Waals surface area contributed by atoms with E-state index in [2.05, 4.69) is 9.97 Å². The summed E-state index contributed by atoms with van der Waals surface area (Å²) >= 11 is 0. The van der Waals surface area contributed by atoms with Crippen molar-refractivity contribution in [3.63, 3.8) is 0 Å². The molecular weight excluding hydrogens is 426 g/mol. The molecule has 0 bridgehead atoms. The molecular formula is C28H27N3O3. The van der Waals surface area contributed by atoms with E-state index >= 15 is 0 Å². The molecule has 0 spiro atoms. The predicted molar refractivity (Wildman–Crippen MR) is 131 cm³/mol. The monoisotopic (exact) mass is 453 g/mol. The van der Waals surface area contributed by atoms with Crippen LogP contribution < -0.4 is 5.56 Å². The van der Waals surface area contributed by atoms with E-state index in [-0.39, 0.29) is 24.1 Å². The third-order valence-corrected chi connectivity index (χ3v) is 6.27. The number of nitrogens with zero attached hydrogens (tertiary/aromatic N) is 2. The number of amides is 1.